The molecule has 0 heterocycles. The summed E-state index contributed by atoms with van der Waals surface area (Å²) in [5.74, 6) is -0.0485. The van der Waals surface area contributed by atoms with Crippen molar-refractivity contribution in [1.29, 1.82) is 0 Å². The minimum atomic E-state index is -0.0485. The van der Waals surface area contributed by atoms with Crippen molar-refractivity contribution >= 4 is 45.8 Å². The van der Waals surface area contributed by atoms with Gasteiger partial charge < -0.3 is 11.5 Å². The number of nitrogens with two attached hydrogens (primary N) is 2. The summed E-state index contributed by atoms with van der Waals surface area (Å²) >= 11 is 2.20. The third-order valence-corrected chi connectivity index (χ3v) is 3.37. The van der Waals surface area contributed by atoms with Crippen LogP contribution < -0.4 is 11.5 Å². The lowest BCUT2D eigenvalue weighted by molar-refractivity contribution is 0.104. The second kappa shape index (κ2) is 5.88. The maximum absolute atomic E-state index is 12.0. The highest BCUT2D eigenvalue weighted by Gasteiger charge is 2.02. The zero-order valence-corrected chi connectivity index (χ0v) is 12.3. The van der Waals surface area contributed by atoms with E-state index in [1.165, 1.54) is 6.08 Å². The van der Waals surface area contributed by atoms with Crippen molar-refractivity contribution in [2.24, 2.45) is 0 Å². The van der Waals surface area contributed by atoms with Crippen LogP contribution in [0.25, 0.3) is 6.08 Å². The van der Waals surface area contributed by atoms with Crippen molar-refractivity contribution < 1.29 is 4.79 Å². The quantitative estimate of drug-likeness (QED) is 0.380. The third kappa shape index (κ3) is 3.57. The van der Waals surface area contributed by atoms with Crippen LogP contribution in [0.2, 0.25) is 0 Å². The van der Waals surface area contributed by atoms with Gasteiger partial charge in [0.2, 0.25) is 0 Å². The highest BCUT2D eigenvalue weighted by atomic mass is 127. The molecule has 0 aromatic heterocycles. The number of hydrogen-bond acceptors (Lipinski definition) is 3. The second-order valence-electron chi connectivity index (χ2n) is 4.09. The van der Waals surface area contributed by atoms with Gasteiger partial charge in [0.1, 0.15) is 0 Å². The molecule has 0 saturated carbocycles. The molecular formula is C15H13IN2O. The molecule has 0 aliphatic rings. The van der Waals surface area contributed by atoms with E-state index >= 15 is 0 Å². The average Bonchev–Trinajstić information content (AvgIpc) is 2.38. The van der Waals surface area contributed by atoms with E-state index in [1.807, 2.05) is 12.1 Å². The summed E-state index contributed by atoms with van der Waals surface area (Å²) in [6.07, 6.45) is 3.22. The van der Waals surface area contributed by atoms with Gasteiger partial charge in [0.25, 0.3) is 0 Å². The molecule has 0 radical (unpaired) electrons. The largest absolute Gasteiger partial charge is 0.399 e. The third-order valence-electron chi connectivity index (χ3n) is 2.65. The lowest BCUT2D eigenvalue weighted by atomic mass is 10.1. The summed E-state index contributed by atoms with van der Waals surface area (Å²) in [6.45, 7) is 0. The first kappa shape index (κ1) is 13.6. The van der Waals surface area contributed by atoms with Crippen LogP contribution in [0.1, 0.15) is 15.9 Å². The van der Waals surface area contributed by atoms with Gasteiger partial charge in [0.05, 0.1) is 0 Å². The number of ketones is 1. The highest BCUT2D eigenvalue weighted by molar-refractivity contribution is 14.1. The summed E-state index contributed by atoms with van der Waals surface area (Å²) in [5, 5.41) is 0. The van der Waals surface area contributed by atoms with Crippen LogP contribution in [-0.2, 0) is 0 Å². The van der Waals surface area contributed by atoms with Crippen LogP contribution in [0.5, 0.6) is 0 Å². The molecular weight excluding hydrogens is 351 g/mol. The summed E-state index contributed by atoms with van der Waals surface area (Å²) in [6, 6.07) is 12.6. The summed E-state index contributed by atoms with van der Waals surface area (Å²) in [4.78, 5) is 12.0. The van der Waals surface area contributed by atoms with Gasteiger partial charge in [-0.3, -0.25) is 4.79 Å². The maximum Gasteiger partial charge on any atom is 0.185 e. The minimum absolute atomic E-state index is 0.0485. The molecule has 0 amide bonds. The Kier molecular flexibility index (Phi) is 4.21. The lowest BCUT2D eigenvalue weighted by Crippen LogP contribution is -1.95. The Labute approximate surface area is 125 Å². The summed E-state index contributed by atoms with van der Waals surface area (Å²) < 4.78 is 1.10. The highest BCUT2D eigenvalue weighted by Crippen LogP contribution is 2.17. The Morgan fingerprint density at radius 2 is 1.74 bits per heavy atom. The van der Waals surface area contributed by atoms with E-state index in [9.17, 15) is 4.79 Å². The molecule has 2 aromatic rings. The number of hydrogen-bond donors (Lipinski definition) is 2. The molecule has 0 spiro atoms. The summed E-state index contributed by atoms with van der Waals surface area (Å²) in [5.41, 5.74) is 14.1. The van der Waals surface area contributed by atoms with E-state index in [4.69, 9.17) is 11.5 Å². The number of benzene rings is 2. The monoisotopic (exact) mass is 364 g/mol. The first-order chi connectivity index (χ1) is 9.06. The zero-order valence-electron chi connectivity index (χ0n) is 10.1. The van der Waals surface area contributed by atoms with E-state index < -0.39 is 0 Å². The molecule has 96 valence electrons. The van der Waals surface area contributed by atoms with E-state index in [1.54, 1.807) is 36.4 Å². The fraction of sp³-hybridized carbons (Fsp3) is 0. The molecule has 0 aliphatic carbocycles. The van der Waals surface area contributed by atoms with E-state index in [-0.39, 0.29) is 5.78 Å². The Bertz CT molecular complexity index is 633. The molecule has 3 nitrogen and oxygen atoms in total. The Morgan fingerprint density at radius 3 is 2.37 bits per heavy atom. The maximum atomic E-state index is 12.0. The molecule has 0 atom stereocenters. The van der Waals surface area contributed by atoms with Crippen molar-refractivity contribution in [2.45, 2.75) is 0 Å². The van der Waals surface area contributed by atoms with Gasteiger partial charge in [0, 0.05) is 20.5 Å². The van der Waals surface area contributed by atoms with Crippen molar-refractivity contribution in [3.63, 3.8) is 0 Å². The average molecular weight is 364 g/mol. The normalized spacial score (nSPS) is 10.8. The molecule has 2 rings (SSSR count). The predicted octanol–water partition coefficient (Wildman–Crippen LogP) is 3.35. The van der Waals surface area contributed by atoms with E-state index in [0.717, 1.165) is 9.13 Å². The van der Waals surface area contributed by atoms with Gasteiger partial charge in [-0.2, -0.15) is 0 Å². The van der Waals surface area contributed by atoms with Crippen molar-refractivity contribution in [3.8, 4) is 0 Å². The molecule has 2 aromatic carbocycles. The van der Waals surface area contributed by atoms with Crippen LogP contribution in [0.4, 0.5) is 11.4 Å². The van der Waals surface area contributed by atoms with E-state index in [0.29, 0.717) is 16.9 Å². The second-order valence-corrected chi connectivity index (χ2v) is 5.34. The molecule has 0 aliphatic heterocycles. The van der Waals surface area contributed by atoms with Crippen LogP contribution in [-0.4, -0.2) is 5.78 Å². The van der Waals surface area contributed by atoms with Gasteiger partial charge in [-0.1, -0.05) is 18.2 Å². The minimum Gasteiger partial charge on any atom is -0.399 e. The molecule has 19 heavy (non-hydrogen) atoms. The predicted molar refractivity (Wildman–Crippen MR) is 87.8 cm³/mol. The van der Waals surface area contributed by atoms with Crippen LogP contribution in [0.15, 0.2) is 48.5 Å². The first-order valence-electron chi connectivity index (χ1n) is 5.69. The topological polar surface area (TPSA) is 69.1 Å². The molecule has 0 bridgehead atoms. The van der Waals surface area contributed by atoms with Gasteiger partial charge >= 0.3 is 0 Å². The Morgan fingerprint density at radius 1 is 1.05 bits per heavy atom. The number of anilines is 2. The fourth-order valence-corrected chi connectivity index (χ4v) is 1.98. The van der Waals surface area contributed by atoms with Crippen molar-refractivity contribution in [2.75, 3.05) is 11.5 Å². The first-order valence-corrected chi connectivity index (χ1v) is 6.77. The standard InChI is InChI=1S/C15H13IN2O/c16-12-5-1-11(2-6-12)15(19)8-4-10-3-7-13(17)9-14(10)18/h1-9H,17-18H2/b8-4+. The van der Waals surface area contributed by atoms with Gasteiger partial charge in [-0.05, 0) is 64.6 Å². The van der Waals surface area contributed by atoms with Crippen LogP contribution in [0, 0.1) is 3.57 Å². The number of halogens is 1. The van der Waals surface area contributed by atoms with E-state index in [2.05, 4.69) is 22.6 Å². The van der Waals surface area contributed by atoms with Crippen LogP contribution >= 0.6 is 22.6 Å². The molecule has 0 saturated heterocycles. The number of allylic oxidation sites excluding steroid dienone is 1. The zero-order chi connectivity index (χ0) is 13.8. The smallest absolute Gasteiger partial charge is 0.185 e. The lowest BCUT2D eigenvalue weighted by Gasteiger charge is -2.01. The fourth-order valence-electron chi connectivity index (χ4n) is 1.62. The number of rotatable bonds is 3. The SMILES string of the molecule is Nc1ccc(/C=C/C(=O)c2ccc(I)cc2)c(N)c1. The summed E-state index contributed by atoms with van der Waals surface area (Å²) in [7, 11) is 0. The molecule has 4 heteroatoms. The molecule has 0 unspecified atom stereocenters. The molecule has 0 fully saturated rings. The number of carbonyl (C=O) groups excluding carboxylic acids is 1. The molecule has 4 N–H and O–H groups in total. The van der Waals surface area contributed by atoms with Gasteiger partial charge in [-0.15, -0.1) is 0 Å². The Balaban J connectivity index is 2.18. The Hall–Kier alpha value is -1.82. The van der Waals surface area contributed by atoms with Gasteiger partial charge in [0.15, 0.2) is 5.78 Å². The number of carbonyl (C=O) groups is 1. The van der Waals surface area contributed by atoms with Crippen molar-refractivity contribution in [3.05, 3.63) is 63.2 Å². The van der Waals surface area contributed by atoms with Crippen molar-refractivity contribution in [1.82, 2.24) is 0 Å². The van der Waals surface area contributed by atoms with Crippen LogP contribution in [0.3, 0.4) is 0 Å². The van der Waals surface area contributed by atoms with Gasteiger partial charge in [-0.25, -0.2) is 0 Å². The number of nitrogen functional groups attached to an aromatic ring is 2.